The van der Waals surface area contributed by atoms with Gasteiger partial charge in [-0.05, 0) is 31.0 Å². The van der Waals surface area contributed by atoms with Gasteiger partial charge in [0.05, 0.1) is 0 Å². The summed E-state index contributed by atoms with van der Waals surface area (Å²) < 4.78 is 26.0. The third-order valence-corrected chi connectivity index (χ3v) is 4.19. The molecule has 2 amide bonds. The molecule has 0 unspecified atom stereocenters. The van der Waals surface area contributed by atoms with Gasteiger partial charge in [-0.1, -0.05) is 6.07 Å². The van der Waals surface area contributed by atoms with E-state index in [1.54, 1.807) is 11.8 Å². The lowest BCUT2D eigenvalue weighted by Crippen LogP contribution is -2.60. The van der Waals surface area contributed by atoms with Gasteiger partial charge in [-0.15, -0.1) is 0 Å². The van der Waals surface area contributed by atoms with Gasteiger partial charge in [-0.2, -0.15) is 0 Å². The van der Waals surface area contributed by atoms with E-state index in [2.05, 4.69) is 10.6 Å². The highest BCUT2D eigenvalue weighted by molar-refractivity contribution is 5.97. The normalized spacial score (nSPS) is 27.8. The van der Waals surface area contributed by atoms with Gasteiger partial charge in [0.25, 0.3) is 0 Å². The molecule has 0 aromatic heterocycles. The number of nitrogens with zero attached hydrogens (tertiary/aromatic N) is 1. The molecular weight excluding hydrogens is 292 g/mol. The molecule has 0 saturated carbocycles. The second-order valence-corrected chi connectivity index (χ2v) is 5.80. The SMILES string of the molecule is C[C@H]1NC(=O)[C@@H]2C[C@H](NCc3ccc(F)c(F)c3)CN2C1=O. The molecule has 7 heteroatoms. The van der Waals surface area contributed by atoms with E-state index < -0.39 is 23.7 Å². The van der Waals surface area contributed by atoms with E-state index in [4.69, 9.17) is 0 Å². The zero-order chi connectivity index (χ0) is 15.9. The number of hydrogen-bond donors (Lipinski definition) is 2. The van der Waals surface area contributed by atoms with E-state index in [1.807, 2.05) is 0 Å². The number of rotatable bonds is 3. The Labute approximate surface area is 126 Å². The summed E-state index contributed by atoms with van der Waals surface area (Å²) in [7, 11) is 0. The molecule has 2 aliphatic heterocycles. The molecule has 0 spiro atoms. The highest BCUT2D eigenvalue weighted by Gasteiger charge is 2.44. The van der Waals surface area contributed by atoms with Gasteiger partial charge in [0, 0.05) is 19.1 Å². The summed E-state index contributed by atoms with van der Waals surface area (Å²) in [5.74, 6) is -1.98. The Morgan fingerprint density at radius 3 is 2.82 bits per heavy atom. The first-order chi connectivity index (χ1) is 10.5. The van der Waals surface area contributed by atoms with E-state index in [0.717, 1.165) is 12.1 Å². The van der Waals surface area contributed by atoms with E-state index in [0.29, 0.717) is 25.1 Å². The number of carbonyl (C=O) groups excluding carboxylic acids is 2. The fraction of sp³-hybridized carbons (Fsp3) is 0.467. The Morgan fingerprint density at radius 1 is 1.32 bits per heavy atom. The summed E-state index contributed by atoms with van der Waals surface area (Å²) in [6.45, 7) is 2.47. The number of fused-ring (bicyclic) bond motifs is 1. The van der Waals surface area contributed by atoms with Crippen LogP contribution in [-0.4, -0.2) is 41.4 Å². The van der Waals surface area contributed by atoms with E-state index in [1.165, 1.54) is 6.07 Å². The number of piperazine rings is 1. The topological polar surface area (TPSA) is 61.4 Å². The zero-order valence-corrected chi connectivity index (χ0v) is 12.1. The molecule has 5 nitrogen and oxygen atoms in total. The van der Waals surface area contributed by atoms with Crippen molar-refractivity contribution in [2.75, 3.05) is 6.54 Å². The molecule has 3 rings (SSSR count). The Hall–Kier alpha value is -2.02. The second-order valence-electron chi connectivity index (χ2n) is 5.80. The molecule has 2 aliphatic rings. The van der Waals surface area contributed by atoms with Crippen LogP contribution < -0.4 is 10.6 Å². The summed E-state index contributed by atoms with van der Waals surface area (Å²) in [5.41, 5.74) is 0.618. The van der Waals surface area contributed by atoms with Crippen LogP contribution in [0.4, 0.5) is 8.78 Å². The zero-order valence-electron chi connectivity index (χ0n) is 12.1. The average Bonchev–Trinajstić information content (AvgIpc) is 2.91. The molecule has 2 heterocycles. The maximum atomic E-state index is 13.2. The quantitative estimate of drug-likeness (QED) is 0.857. The van der Waals surface area contributed by atoms with Gasteiger partial charge >= 0.3 is 0 Å². The Bertz CT molecular complexity index is 623. The van der Waals surface area contributed by atoms with Crippen molar-refractivity contribution in [3.8, 4) is 0 Å². The van der Waals surface area contributed by atoms with E-state index >= 15 is 0 Å². The Balaban J connectivity index is 1.62. The molecule has 1 aromatic rings. The molecule has 0 bridgehead atoms. The van der Waals surface area contributed by atoms with Crippen molar-refractivity contribution in [1.82, 2.24) is 15.5 Å². The van der Waals surface area contributed by atoms with Crippen LogP contribution in [0.15, 0.2) is 18.2 Å². The highest BCUT2D eigenvalue weighted by Crippen LogP contribution is 2.23. The van der Waals surface area contributed by atoms with Gasteiger partial charge in [0.15, 0.2) is 11.6 Å². The van der Waals surface area contributed by atoms with Crippen molar-refractivity contribution in [3.63, 3.8) is 0 Å². The van der Waals surface area contributed by atoms with E-state index in [-0.39, 0.29) is 17.9 Å². The lowest BCUT2D eigenvalue weighted by molar-refractivity contribution is -0.146. The molecule has 3 atom stereocenters. The van der Waals surface area contributed by atoms with Gasteiger partial charge in [0.2, 0.25) is 11.8 Å². The predicted octanol–water partition coefficient (Wildman–Crippen LogP) is 0.542. The van der Waals surface area contributed by atoms with Gasteiger partial charge < -0.3 is 15.5 Å². The molecule has 2 fully saturated rings. The third-order valence-electron chi connectivity index (χ3n) is 4.19. The number of carbonyl (C=O) groups is 2. The first-order valence-corrected chi connectivity index (χ1v) is 7.24. The molecular formula is C15H17F2N3O2. The fourth-order valence-electron chi connectivity index (χ4n) is 3.01. The van der Waals surface area contributed by atoms with Crippen LogP contribution in [0.5, 0.6) is 0 Å². The van der Waals surface area contributed by atoms with Gasteiger partial charge in [0.1, 0.15) is 12.1 Å². The summed E-state index contributed by atoms with van der Waals surface area (Å²) in [5, 5.41) is 5.85. The van der Waals surface area contributed by atoms with Crippen molar-refractivity contribution in [3.05, 3.63) is 35.4 Å². The molecule has 1 aromatic carbocycles. The third kappa shape index (κ3) is 2.68. The Morgan fingerprint density at radius 2 is 2.09 bits per heavy atom. The largest absolute Gasteiger partial charge is 0.343 e. The number of halogens is 2. The molecule has 2 N–H and O–H groups in total. The molecule has 0 radical (unpaired) electrons. The smallest absolute Gasteiger partial charge is 0.245 e. The van der Waals surface area contributed by atoms with Crippen LogP contribution in [0.3, 0.4) is 0 Å². The van der Waals surface area contributed by atoms with Crippen LogP contribution >= 0.6 is 0 Å². The predicted molar refractivity (Wildman–Crippen MR) is 74.7 cm³/mol. The first kappa shape index (κ1) is 14.9. The molecule has 0 aliphatic carbocycles. The number of nitrogens with one attached hydrogen (secondary N) is 2. The molecule has 2 saturated heterocycles. The first-order valence-electron chi connectivity index (χ1n) is 7.24. The lowest BCUT2D eigenvalue weighted by atomic mass is 10.1. The summed E-state index contributed by atoms with van der Waals surface area (Å²) in [4.78, 5) is 25.5. The standard InChI is InChI=1S/C15H17F2N3O2/c1-8-15(22)20-7-10(5-13(20)14(21)19-8)18-6-9-2-3-11(16)12(17)4-9/h2-4,8,10,13,18H,5-7H2,1H3,(H,19,21)/t8-,10+,13+/m1/s1. The fourth-order valence-corrected chi connectivity index (χ4v) is 3.01. The van der Waals surface area contributed by atoms with E-state index in [9.17, 15) is 18.4 Å². The summed E-state index contributed by atoms with van der Waals surface area (Å²) in [6, 6.07) is 2.76. The maximum Gasteiger partial charge on any atom is 0.245 e. The van der Waals surface area contributed by atoms with Crippen molar-refractivity contribution in [2.24, 2.45) is 0 Å². The summed E-state index contributed by atoms with van der Waals surface area (Å²) >= 11 is 0. The second kappa shape index (κ2) is 5.64. The van der Waals surface area contributed by atoms with Crippen LogP contribution in [0, 0.1) is 11.6 Å². The van der Waals surface area contributed by atoms with Crippen molar-refractivity contribution in [2.45, 2.75) is 38.0 Å². The number of amides is 2. The van der Waals surface area contributed by atoms with Crippen LogP contribution in [0.1, 0.15) is 18.9 Å². The lowest BCUT2D eigenvalue weighted by Gasteiger charge is -2.32. The monoisotopic (exact) mass is 309 g/mol. The van der Waals surface area contributed by atoms with Crippen molar-refractivity contribution in [1.29, 1.82) is 0 Å². The minimum Gasteiger partial charge on any atom is -0.343 e. The highest BCUT2D eigenvalue weighted by atomic mass is 19.2. The van der Waals surface area contributed by atoms with Gasteiger partial charge in [-0.25, -0.2) is 8.78 Å². The minimum absolute atomic E-state index is 0.0434. The number of hydrogen-bond acceptors (Lipinski definition) is 3. The number of benzene rings is 1. The molecule has 22 heavy (non-hydrogen) atoms. The summed E-state index contributed by atoms with van der Waals surface area (Å²) in [6.07, 6.45) is 0.522. The van der Waals surface area contributed by atoms with Gasteiger partial charge in [-0.3, -0.25) is 9.59 Å². The minimum atomic E-state index is -0.883. The molecule has 118 valence electrons. The maximum absolute atomic E-state index is 13.2. The average molecular weight is 309 g/mol. The van der Waals surface area contributed by atoms with Crippen LogP contribution in [-0.2, 0) is 16.1 Å². The van der Waals surface area contributed by atoms with Crippen LogP contribution in [0.25, 0.3) is 0 Å². The van der Waals surface area contributed by atoms with Crippen molar-refractivity contribution < 1.29 is 18.4 Å². The van der Waals surface area contributed by atoms with Crippen molar-refractivity contribution >= 4 is 11.8 Å². The Kier molecular flexibility index (Phi) is 3.82. The van der Waals surface area contributed by atoms with Crippen LogP contribution in [0.2, 0.25) is 0 Å².